The van der Waals surface area contributed by atoms with Gasteiger partial charge in [0.15, 0.2) is 0 Å². The Morgan fingerprint density at radius 2 is 1.62 bits per heavy atom. The first-order valence-electron chi connectivity index (χ1n) is 11.3. The Balaban J connectivity index is 1.22. The average molecular weight is 461 g/mol. The van der Waals surface area contributed by atoms with E-state index in [9.17, 15) is 14.4 Å². The van der Waals surface area contributed by atoms with Crippen LogP contribution in [0.5, 0.6) is 5.75 Å². The van der Waals surface area contributed by atoms with Gasteiger partial charge in [-0.15, -0.1) is 0 Å². The molecule has 3 amide bonds. The van der Waals surface area contributed by atoms with E-state index in [-0.39, 0.29) is 30.2 Å². The van der Waals surface area contributed by atoms with Crippen molar-refractivity contribution in [3.8, 4) is 5.75 Å². The predicted octanol–water partition coefficient (Wildman–Crippen LogP) is 2.96. The predicted molar refractivity (Wildman–Crippen MR) is 130 cm³/mol. The van der Waals surface area contributed by atoms with Crippen molar-refractivity contribution in [1.82, 2.24) is 15.8 Å². The number of nitrogens with zero attached hydrogens (tertiary/aromatic N) is 1. The number of hydrogen-bond acceptors (Lipinski definition) is 5. The summed E-state index contributed by atoms with van der Waals surface area (Å²) in [4.78, 5) is 39.5. The first-order chi connectivity index (χ1) is 16.5. The summed E-state index contributed by atoms with van der Waals surface area (Å²) in [6.45, 7) is 1.00. The molecule has 3 aromatic carbocycles. The zero-order valence-corrected chi connectivity index (χ0v) is 19.0. The van der Waals surface area contributed by atoms with E-state index in [1.54, 1.807) is 36.3 Å². The fourth-order valence-corrected chi connectivity index (χ4v) is 4.10. The van der Waals surface area contributed by atoms with Gasteiger partial charge < -0.3 is 15.0 Å². The summed E-state index contributed by atoms with van der Waals surface area (Å²) in [5.74, 6) is -0.144. The highest BCUT2D eigenvalue weighted by Gasteiger charge is 2.28. The molecule has 0 bridgehead atoms. The highest BCUT2D eigenvalue weighted by Crippen LogP contribution is 2.23. The third-order valence-electron chi connectivity index (χ3n) is 6.04. The second-order valence-electron chi connectivity index (χ2n) is 8.21. The summed E-state index contributed by atoms with van der Waals surface area (Å²) in [7, 11) is 1.59. The molecule has 1 heterocycles. The highest BCUT2D eigenvalue weighted by molar-refractivity contribution is 6.07. The van der Waals surface area contributed by atoms with Crippen LogP contribution in [-0.2, 0) is 9.59 Å². The lowest BCUT2D eigenvalue weighted by Crippen LogP contribution is -2.49. The molecule has 0 saturated carbocycles. The average Bonchev–Trinajstić information content (AvgIpc) is 2.90. The van der Waals surface area contributed by atoms with Crippen LogP contribution in [0.2, 0.25) is 0 Å². The smallest absolute Gasteiger partial charge is 0.257 e. The van der Waals surface area contributed by atoms with Crippen LogP contribution in [0.4, 0.5) is 5.69 Å². The number of carbonyl (C=O) groups is 3. The first kappa shape index (κ1) is 23.1. The number of ether oxygens (including phenoxy) is 1. The number of methoxy groups -OCH3 is 1. The molecule has 34 heavy (non-hydrogen) atoms. The van der Waals surface area contributed by atoms with Gasteiger partial charge in [-0.2, -0.15) is 0 Å². The zero-order chi connectivity index (χ0) is 23.9. The minimum Gasteiger partial charge on any atom is -0.497 e. The van der Waals surface area contributed by atoms with Crippen molar-refractivity contribution in [2.24, 2.45) is 5.92 Å². The van der Waals surface area contributed by atoms with E-state index in [0.29, 0.717) is 31.5 Å². The van der Waals surface area contributed by atoms with E-state index in [4.69, 9.17) is 4.74 Å². The van der Waals surface area contributed by atoms with Crippen LogP contribution in [-0.4, -0.2) is 49.4 Å². The molecule has 1 aliphatic heterocycles. The van der Waals surface area contributed by atoms with Crippen LogP contribution in [0.25, 0.3) is 10.8 Å². The van der Waals surface area contributed by atoms with Crippen molar-refractivity contribution in [3.63, 3.8) is 0 Å². The maximum Gasteiger partial charge on any atom is 0.257 e. The number of piperidine rings is 1. The van der Waals surface area contributed by atoms with Gasteiger partial charge in [0, 0.05) is 30.3 Å². The minimum absolute atomic E-state index is 0.0184. The van der Waals surface area contributed by atoms with Crippen LogP contribution in [0.3, 0.4) is 0 Å². The van der Waals surface area contributed by atoms with Gasteiger partial charge in [-0.25, -0.2) is 0 Å². The Hall–Kier alpha value is -4.07. The number of nitrogens with one attached hydrogen (secondary N) is 3. The number of likely N-dealkylation sites (tertiary alicyclic amines) is 1. The molecule has 8 nitrogen and oxygen atoms in total. The van der Waals surface area contributed by atoms with Crippen LogP contribution < -0.4 is 20.9 Å². The number of benzene rings is 3. The monoisotopic (exact) mass is 460 g/mol. The number of hydrazine groups is 1. The van der Waals surface area contributed by atoms with Crippen molar-refractivity contribution in [2.75, 3.05) is 32.1 Å². The zero-order valence-electron chi connectivity index (χ0n) is 19.0. The van der Waals surface area contributed by atoms with Crippen LogP contribution in [0, 0.1) is 5.92 Å². The second kappa shape index (κ2) is 10.7. The Morgan fingerprint density at radius 3 is 2.35 bits per heavy atom. The topological polar surface area (TPSA) is 99.8 Å². The molecule has 0 unspecified atom stereocenters. The van der Waals surface area contributed by atoms with Crippen molar-refractivity contribution < 1.29 is 19.1 Å². The summed E-state index contributed by atoms with van der Waals surface area (Å²) in [5, 5.41) is 4.94. The molecule has 1 saturated heterocycles. The van der Waals surface area contributed by atoms with Gasteiger partial charge >= 0.3 is 0 Å². The third kappa shape index (κ3) is 5.46. The SMILES string of the molecule is COc1ccc(NCC(=O)NNC(=O)C2CCN(C(=O)c3cccc4ccccc34)CC2)cc1. The third-order valence-corrected chi connectivity index (χ3v) is 6.04. The molecular weight excluding hydrogens is 432 g/mol. The minimum atomic E-state index is -0.354. The van der Waals surface area contributed by atoms with Crippen molar-refractivity contribution in [3.05, 3.63) is 72.3 Å². The molecular formula is C26H28N4O4. The van der Waals surface area contributed by atoms with E-state index in [1.165, 1.54) is 0 Å². The first-order valence-corrected chi connectivity index (χ1v) is 11.3. The fraction of sp³-hybridized carbons (Fsp3) is 0.269. The lowest BCUT2D eigenvalue weighted by molar-refractivity contribution is -0.131. The molecule has 3 N–H and O–H groups in total. The molecule has 0 aliphatic carbocycles. The molecule has 0 spiro atoms. The molecule has 4 rings (SSSR count). The Morgan fingerprint density at radius 1 is 0.912 bits per heavy atom. The second-order valence-corrected chi connectivity index (χ2v) is 8.21. The quantitative estimate of drug-likeness (QED) is 0.491. The Kier molecular flexibility index (Phi) is 7.27. The Bertz CT molecular complexity index is 1170. The highest BCUT2D eigenvalue weighted by atomic mass is 16.5. The lowest BCUT2D eigenvalue weighted by Gasteiger charge is -2.31. The Labute approximate surface area is 198 Å². The molecule has 1 aliphatic rings. The molecule has 176 valence electrons. The van der Waals surface area contributed by atoms with Crippen molar-refractivity contribution in [1.29, 1.82) is 0 Å². The van der Waals surface area contributed by atoms with Gasteiger partial charge in [-0.05, 0) is 53.9 Å². The molecule has 0 radical (unpaired) electrons. The number of carbonyl (C=O) groups excluding carboxylic acids is 3. The summed E-state index contributed by atoms with van der Waals surface area (Å²) in [6.07, 6.45) is 1.09. The summed E-state index contributed by atoms with van der Waals surface area (Å²) >= 11 is 0. The maximum absolute atomic E-state index is 13.1. The normalized spacial score (nSPS) is 13.9. The van der Waals surface area contributed by atoms with Crippen LogP contribution >= 0.6 is 0 Å². The number of amides is 3. The summed E-state index contributed by atoms with van der Waals surface area (Å²) in [6, 6.07) is 20.7. The number of fused-ring (bicyclic) bond motifs is 1. The fourth-order valence-electron chi connectivity index (χ4n) is 4.10. The standard InChI is InChI=1S/C26H28N4O4/c1-34-21-11-9-20(10-12-21)27-17-24(31)28-29-25(32)19-13-15-30(16-14-19)26(33)23-8-4-6-18-5-2-3-7-22(18)23/h2-12,19,27H,13-17H2,1H3,(H,28,31)(H,29,32). The van der Waals surface area contributed by atoms with Gasteiger partial charge in [-0.3, -0.25) is 25.2 Å². The van der Waals surface area contributed by atoms with E-state index in [2.05, 4.69) is 16.2 Å². The van der Waals surface area contributed by atoms with Gasteiger partial charge in [0.05, 0.1) is 13.7 Å². The van der Waals surface area contributed by atoms with Gasteiger partial charge in [0.25, 0.3) is 11.8 Å². The van der Waals surface area contributed by atoms with Crippen LogP contribution in [0.15, 0.2) is 66.7 Å². The van der Waals surface area contributed by atoms with Gasteiger partial charge in [-0.1, -0.05) is 36.4 Å². The van der Waals surface area contributed by atoms with E-state index < -0.39 is 0 Å². The van der Waals surface area contributed by atoms with E-state index in [0.717, 1.165) is 22.2 Å². The number of rotatable bonds is 6. The van der Waals surface area contributed by atoms with E-state index >= 15 is 0 Å². The largest absolute Gasteiger partial charge is 0.497 e. The summed E-state index contributed by atoms with van der Waals surface area (Å²) < 4.78 is 5.10. The van der Waals surface area contributed by atoms with E-state index in [1.807, 2.05) is 42.5 Å². The van der Waals surface area contributed by atoms with Crippen LogP contribution in [0.1, 0.15) is 23.2 Å². The molecule has 0 atom stereocenters. The molecule has 1 fully saturated rings. The van der Waals surface area contributed by atoms with Gasteiger partial charge in [0.2, 0.25) is 5.91 Å². The summed E-state index contributed by atoms with van der Waals surface area (Å²) in [5.41, 5.74) is 6.40. The maximum atomic E-state index is 13.1. The van der Waals surface area contributed by atoms with Crippen molar-refractivity contribution >= 4 is 34.2 Å². The molecule has 8 heteroatoms. The number of anilines is 1. The van der Waals surface area contributed by atoms with Gasteiger partial charge in [0.1, 0.15) is 5.75 Å². The van der Waals surface area contributed by atoms with Crippen molar-refractivity contribution in [2.45, 2.75) is 12.8 Å². The molecule has 0 aromatic heterocycles. The lowest BCUT2D eigenvalue weighted by atomic mass is 9.95. The molecule has 3 aromatic rings. The number of hydrogen-bond donors (Lipinski definition) is 3.